The molecule has 152 valence electrons. The molecule has 0 saturated carbocycles. The average molecular weight is 441 g/mol. The molecule has 0 aromatic heterocycles. The molecule has 1 unspecified atom stereocenters. The van der Waals surface area contributed by atoms with E-state index in [-0.39, 0.29) is 0 Å². The van der Waals surface area contributed by atoms with Crippen LogP contribution in [0.15, 0.2) is 0 Å². The molecule has 1 N–H and O–H groups in total. The Morgan fingerprint density at radius 2 is 1.12 bits per heavy atom. The van der Waals surface area contributed by atoms with Gasteiger partial charge in [0, 0.05) is 0 Å². The fourth-order valence-electron chi connectivity index (χ4n) is 2.59. The summed E-state index contributed by atoms with van der Waals surface area (Å²) in [5, 5.41) is 0.908. The number of unbranched alkanes of at least 4 members (excludes halogenated alkanes) is 11. The van der Waals surface area contributed by atoms with Crippen LogP contribution in [0.5, 0.6) is 0 Å². The normalized spacial score (nSPS) is 14.6. The van der Waals surface area contributed by atoms with Crippen molar-refractivity contribution < 1.29 is 18.5 Å². The molecule has 0 fully saturated rings. The third-order valence-electron chi connectivity index (χ3n) is 4.27. The van der Waals surface area contributed by atoms with Gasteiger partial charge in [0.15, 0.2) is 0 Å². The average Bonchev–Trinajstić information content (AvgIpc) is 2.50. The molecule has 6 heteroatoms. The van der Waals surface area contributed by atoms with E-state index in [0.29, 0.717) is 13.2 Å². The predicted molar refractivity (Wildman–Crippen MR) is 111 cm³/mol. The van der Waals surface area contributed by atoms with Crippen LogP contribution in [0.25, 0.3) is 0 Å². The quantitative estimate of drug-likeness (QED) is 0.139. The van der Waals surface area contributed by atoms with Crippen LogP contribution in [0.1, 0.15) is 84.0 Å². The van der Waals surface area contributed by atoms with Crippen LogP contribution in [0, 0.1) is 0 Å². The third-order valence-corrected chi connectivity index (χ3v) is 8.48. The van der Waals surface area contributed by atoms with Gasteiger partial charge in [-0.3, -0.25) is 0 Å². The van der Waals surface area contributed by atoms with Gasteiger partial charge in [-0.1, -0.05) is 45.4 Å². The molecule has 0 aliphatic rings. The van der Waals surface area contributed by atoms with Crippen LogP contribution < -0.4 is 0 Å². The Hall–Kier alpha value is 0.668. The molecule has 0 aliphatic heterocycles. The summed E-state index contributed by atoms with van der Waals surface area (Å²) in [6, 6.07) is 0. The van der Waals surface area contributed by atoms with Crippen molar-refractivity contribution in [2.75, 3.05) is 13.2 Å². The standard InChI is InChI=1S/C19H42AsO4P/c1-5-6-7-8-9-10-11-12-13-14-15-16-18-23-25(21,22)24-19-17-20(2,3)4/h5-19H2,1-4H3/p+1. The Balaban J connectivity index is 3.35. The van der Waals surface area contributed by atoms with Crippen molar-refractivity contribution in [3.63, 3.8) is 0 Å². The molecule has 0 amide bonds. The number of hydrogen-bond acceptors (Lipinski definition) is 3. The molecule has 0 saturated heterocycles. The first-order valence-corrected chi connectivity index (χ1v) is 18.6. The van der Waals surface area contributed by atoms with Gasteiger partial charge < -0.3 is 0 Å². The maximum atomic E-state index is 11.7. The molecule has 0 aliphatic carbocycles. The first kappa shape index (κ1) is 25.7. The predicted octanol–water partition coefficient (Wildman–Crippen LogP) is 7.16. The van der Waals surface area contributed by atoms with Crippen molar-refractivity contribution in [1.82, 2.24) is 0 Å². The van der Waals surface area contributed by atoms with Gasteiger partial charge in [0.1, 0.15) is 0 Å². The molecule has 1 atom stereocenters. The molecular weight excluding hydrogens is 398 g/mol. The summed E-state index contributed by atoms with van der Waals surface area (Å²) in [7, 11) is -3.83. The van der Waals surface area contributed by atoms with Crippen LogP contribution >= 0.6 is 7.82 Å². The van der Waals surface area contributed by atoms with Gasteiger partial charge in [-0.2, -0.15) is 0 Å². The van der Waals surface area contributed by atoms with E-state index in [1.165, 1.54) is 64.2 Å². The SMILES string of the molecule is CCCCCCCCCCCCCCOP(=O)(O)OCC[As+](C)(C)C. The van der Waals surface area contributed by atoms with Gasteiger partial charge in [-0.15, -0.1) is 0 Å². The molecule has 0 aromatic carbocycles. The van der Waals surface area contributed by atoms with E-state index < -0.39 is 21.4 Å². The van der Waals surface area contributed by atoms with E-state index in [0.717, 1.165) is 18.1 Å². The molecule has 0 heterocycles. The van der Waals surface area contributed by atoms with E-state index >= 15 is 0 Å². The maximum absolute atomic E-state index is 11.7. The first-order chi connectivity index (χ1) is 11.8. The summed E-state index contributed by atoms with van der Waals surface area (Å²) in [6.07, 6.45) is 15.3. The van der Waals surface area contributed by atoms with Crippen LogP contribution in [0.2, 0.25) is 22.3 Å². The molecule has 4 nitrogen and oxygen atoms in total. The Bertz CT molecular complexity index is 345. The summed E-state index contributed by atoms with van der Waals surface area (Å²) in [5.74, 6) is 0. The second-order valence-electron chi connectivity index (χ2n) is 8.04. The summed E-state index contributed by atoms with van der Waals surface area (Å²) in [4.78, 5) is 9.62. The van der Waals surface area contributed by atoms with E-state index in [2.05, 4.69) is 24.1 Å². The molecular formula is C19H43AsO4P+. The van der Waals surface area contributed by atoms with Gasteiger partial charge in [0.25, 0.3) is 0 Å². The Morgan fingerprint density at radius 3 is 1.56 bits per heavy atom. The molecule has 0 radical (unpaired) electrons. The van der Waals surface area contributed by atoms with Crippen LogP contribution in [0.3, 0.4) is 0 Å². The van der Waals surface area contributed by atoms with Gasteiger partial charge in [-0.25, -0.2) is 0 Å². The number of phosphoric ester groups is 1. The van der Waals surface area contributed by atoms with Crippen LogP contribution in [0.4, 0.5) is 0 Å². The van der Waals surface area contributed by atoms with Crippen LogP contribution in [-0.2, 0) is 13.6 Å². The molecule has 0 rings (SSSR count). The zero-order valence-corrected chi connectivity index (χ0v) is 19.9. The summed E-state index contributed by atoms with van der Waals surface area (Å²) < 4.78 is 21.8. The Labute approximate surface area is 159 Å². The molecule has 0 aromatic rings. The second-order valence-corrected chi connectivity index (χ2v) is 20.0. The van der Waals surface area contributed by atoms with Crippen molar-refractivity contribution in [1.29, 1.82) is 0 Å². The monoisotopic (exact) mass is 441 g/mol. The minimum absolute atomic E-state index is 0.320. The summed E-state index contributed by atoms with van der Waals surface area (Å²) >= 11 is -1.56. The summed E-state index contributed by atoms with van der Waals surface area (Å²) in [5.41, 5.74) is 6.74. The van der Waals surface area contributed by atoms with Crippen molar-refractivity contribution >= 4 is 21.4 Å². The summed E-state index contributed by atoms with van der Waals surface area (Å²) in [6.45, 7) is 2.91. The molecule has 0 bridgehead atoms. The van der Waals surface area contributed by atoms with Crippen molar-refractivity contribution in [2.24, 2.45) is 0 Å². The van der Waals surface area contributed by atoms with Gasteiger partial charge in [-0.05, 0) is 0 Å². The number of rotatable bonds is 18. The zero-order valence-electron chi connectivity index (χ0n) is 17.2. The van der Waals surface area contributed by atoms with E-state index in [1.807, 2.05) is 0 Å². The topological polar surface area (TPSA) is 55.8 Å². The third kappa shape index (κ3) is 20.8. The van der Waals surface area contributed by atoms with E-state index in [9.17, 15) is 9.46 Å². The van der Waals surface area contributed by atoms with E-state index in [4.69, 9.17) is 9.05 Å². The number of hydrogen-bond donors (Lipinski definition) is 1. The van der Waals surface area contributed by atoms with Crippen LogP contribution in [-0.4, -0.2) is 31.7 Å². The fourth-order valence-corrected chi connectivity index (χ4v) is 5.00. The van der Waals surface area contributed by atoms with Gasteiger partial charge >= 0.3 is 114 Å². The Kier molecular flexibility index (Phi) is 16.1. The van der Waals surface area contributed by atoms with Gasteiger partial charge in [0.05, 0.1) is 0 Å². The molecule has 0 spiro atoms. The van der Waals surface area contributed by atoms with Crippen molar-refractivity contribution in [2.45, 2.75) is 106 Å². The van der Waals surface area contributed by atoms with Crippen molar-refractivity contribution in [3.8, 4) is 0 Å². The van der Waals surface area contributed by atoms with Gasteiger partial charge in [0.2, 0.25) is 0 Å². The van der Waals surface area contributed by atoms with E-state index in [1.54, 1.807) is 0 Å². The Morgan fingerprint density at radius 1 is 0.720 bits per heavy atom. The number of phosphoric acid groups is 1. The molecule has 25 heavy (non-hydrogen) atoms. The fraction of sp³-hybridized carbons (Fsp3) is 1.00. The second kappa shape index (κ2) is 15.7. The van der Waals surface area contributed by atoms with Crippen molar-refractivity contribution in [3.05, 3.63) is 0 Å². The first-order valence-electron chi connectivity index (χ1n) is 10.2. The minimum atomic E-state index is -3.83. The zero-order chi connectivity index (χ0) is 19.0.